The second-order valence-corrected chi connectivity index (χ2v) is 9.52. The fourth-order valence-electron chi connectivity index (χ4n) is 4.93. The SMILES string of the molecule is CC(C)C(C(=O)NCCCCCC(=O)O)C(C)NC(=O)OCC1c2ccccc2-c2ccccc21. The fourth-order valence-corrected chi connectivity index (χ4v) is 4.93. The van der Waals surface area contributed by atoms with E-state index in [-0.39, 0.29) is 30.8 Å². The van der Waals surface area contributed by atoms with Crippen molar-refractivity contribution < 1.29 is 24.2 Å². The van der Waals surface area contributed by atoms with E-state index in [0.717, 1.165) is 24.0 Å². The molecule has 1 aliphatic rings. The van der Waals surface area contributed by atoms with Crippen molar-refractivity contribution in [3.05, 3.63) is 59.7 Å². The van der Waals surface area contributed by atoms with E-state index in [4.69, 9.17) is 9.84 Å². The first-order valence-electron chi connectivity index (χ1n) is 12.4. The number of carbonyl (C=O) groups excluding carboxylic acids is 2. The molecule has 0 heterocycles. The van der Waals surface area contributed by atoms with Crippen LogP contribution in [0.4, 0.5) is 4.79 Å². The lowest BCUT2D eigenvalue weighted by Gasteiger charge is -2.27. The van der Waals surface area contributed by atoms with Gasteiger partial charge in [0.15, 0.2) is 0 Å². The number of ether oxygens (including phenoxy) is 1. The lowest BCUT2D eigenvalue weighted by molar-refractivity contribution is -0.137. The zero-order valence-corrected chi connectivity index (χ0v) is 20.8. The van der Waals surface area contributed by atoms with Gasteiger partial charge in [-0.2, -0.15) is 0 Å². The number of rotatable bonds is 12. The van der Waals surface area contributed by atoms with Gasteiger partial charge in [0.1, 0.15) is 6.61 Å². The number of nitrogens with one attached hydrogen (secondary N) is 2. The van der Waals surface area contributed by atoms with Crippen molar-refractivity contribution in [2.75, 3.05) is 13.2 Å². The smallest absolute Gasteiger partial charge is 0.407 e. The molecule has 3 N–H and O–H groups in total. The molecule has 0 spiro atoms. The van der Waals surface area contributed by atoms with Crippen LogP contribution in [0, 0.1) is 11.8 Å². The molecule has 0 bridgehead atoms. The minimum absolute atomic E-state index is 0.0193. The van der Waals surface area contributed by atoms with Crippen LogP contribution in [0.2, 0.25) is 0 Å². The zero-order valence-electron chi connectivity index (χ0n) is 20.8. The summed E-state index contributed by atoms with van der Waals surface area (Å²) in [6.45, 7) is 6.43. The van der Waals surface area contributed by atoms with Crippen LogP contribution in [0.15, 0.2) is 48.5 Å². The maximum atomic E-state index is 12.8. The maximum absolute atomic E-state index is 12.8. The third-order valence-electron chi connectivity index (χ3n) is 6.62. The lowest BCUT2D eigenvalue weighted by Crippen LogP contribution is -2.47. The van der Waals surface area contributed by atoms with E-state index in [2.05, 4.69) is 34.9 Å². The van der Waals surface area contributed by atoms with Crippen molar-refractivity contribution >= 4 is 18.0 Å². The molecule has 2 amide bonds. The van der Waals surface area contributed by atoms with Gasteiger partial charge in [0, 0.05) is 24.9 Å². The third kappa shape index (κ3) is 6.84. The van der Waals surface area contributed by atoms with Gasteiger partial charge in [-0.3, -0.25) is 9.59 Å². The van der Waals surface area contributed by atoms with Crippen LogP contribution in [0.1, 0.15) is 63.5 Å². The molecule has 2 unspecified atom stereocenters. The van der Waals surface area contributed by atoms with Crippen LogP contribution in [-0.4, -0.2) is 42.3 Å². The average molecular weight is 481 g/mol. The predicted octanol–water partition coefficient (Wildman–Crippen LogP) is 4.95. The summed E-state index contributed by atoms with van der Waals surface area (Å²) >= 11 is 0. The molecule has 7 heteroatoms. The van der Waals surface area contributed by atoms with Gasteiger partial charge in [-0.15, -0.1) is 0 Å². The Morgan fingerprint density at radius 1 is 0.914 bits per heavy atom. The number of carboxylic acids is 1. The highest BCUT2D eigenvalue weighted by molar-refractivity contribution is 5.81. The van der Waals surface area contributed by atoms with Crippen molar-refractivity contribution in [2.45, 2.75) is 58.4 Å². The van der Waals surface area contributed by atoms with Gasteiger partial charge < -0.3 is 20.5 Å². The first-order chi connectivity index (χ1) is 16.8. The normalized spacial score (nSPS) is 14.1. The standard InChI is InChI=1S/C28H36N2O5/c1-18(2)26(27(33)29-16-10-4-5-15-25(31)32)19(3)30-28(34)35-17-24-22-13-8-6-11-20(22)21-12-7-9-14-23(21)24/h6-9,11-14,18-19,24,26H,4-5,10,15-17H2,1-3H3,(H,29,33)(H,30,34)(H,31,32). The van der Waals surface area contributed by atoms with E-state index >= 15 is 0 Å². The first kappa shape index (κ1) is 26.3. The predicted molar refractivity (Wildman–Crippen MR) is 135 cm³/mol. The minimum atomic E-state index is -0.804. The molecular formula is C28H36N2O5. The summed E-state index contributed by atoms with van der Waals surface area (Å²) in [6, 6.07) is 16.0. The number of carbonyl (C=O) groups is 3. The van der Waals surface area contributed by atoms with Crippen molar-refractivity contribution in [3.8, 4) is 11.1 Å². The Kier molecular flexibility index (Phi) is 9.29. The first-order valence-corrected chi connectivity index (χ1v) is 12.4. The average Bonchev–Trinajstić information content (AvgIpc) is 3.13. The Bertz CT molecular complexity index is 990. The highest BCUT2D eigenvalue weighted by Crippen LogP contribution is 2.44. The van der Waals surface area contributed by atoms with E-state index < -0.39 is 24.0 Å². The molecule has 0 radical (unpaired) electrons. The van der Waals surface area contributed by atoms with E-state index in [1.807, 2.05) is 45.0 Å². The van der Waals surface area contributed by atoms with Gasteiger partial charge in [0.2, 0.25) is 5.91 Å². The summed E-state index contributed by atoms with van der Waals surface area (Å²) in [5.41, 5.74) is 4.64. The maximum Gasteiger partial charge on any atom is 0.407 e. The number of benzene rings is 2. The van der Waals surface area contributed by atoms with Gasteiger partial charge in [-0.1, -0.05) is 68.8 Å². The Balaban J connectivity index is 1.51. The largest absolute Gasteiger partial charge is 0.481 e. The van der Waals surface area contributed by atoms with Crippen LogP contribution < -0.4 is 10.6 Å². The molecule has 0 fully saturated rings. The van der Waals surface area contributed by atoms with Crippen LogP contribution in [-0.2, 0) is 14.3 Å². The quantitative estimate of drug-likeness (QED) is 0.373. The molecule has 188 valence electrons. The van der Waals surface area contributed by atoms with Crippen molar-refractivity contribution in [1.82, 2.24) is 10.6 Å². The Labute approximate surface area is 207 Å². The highest BCUT2D eigenvalue weighted by atomic mass is 16.5. The van der Waals surface area contributed by atoms with Crippen molar-refractivity contribution in [1.29, 1.82) is 0 Å². The molecule has 1 aliphatic carbocycles. The van der Waals surface area contributed by atoms with Crippen LogP contribution in [0.25, 0.3) is 11.1 Å². The van der Waals surface area contributed by atoms with Gasteiger partial charge in [0.25, 0.3) is 0 Å². The monoisotopic (exact) mass is 480 g/mol. The number of carboxylic acid groups (broad SMARTS) is 1. The topological polar surface area (TPSA) is 105 Å². The molecule has 0 saturated carbocycles. The number of amides is 2. The molecule has 7 nitrogen and oxygen atoms in total. The van der Waals surface area contributed by atoms with E-state index in [9.17, 15) is 14.4 Å². The number of hydrogen-bond acceptors (Lipinski definition) is 4. The Morgan fingerprint density at radius 3 is 2.09 bits per heavy atom. The summed E-state index contributed by atoms with van der Waals surface area (Å²) in [7, 11) is 0. The second-order valence-electron chi connectivity index (χ2n) is 9.52. The lowest BCUT2D eigenvalue weighted by atomic mass is 9.88. The minimum Gasteiger partial charge on any atom is -0.481 e. The van der Waals surface area contributed by atoms with Gasteiger partial charge >= 0.3 is 12.1 Å². The molecular weight excluding hydrogens is 444 g/mol. The summed E-state index contributed by atoms with van der Waals surface area (Å²) in [5, 5.41) is 14.5. The molecule has 35 heavy (non-hydrogen) atoms. The summed E-state index contributed by atoms with van der Waals surface area (Å²) < 4.78 is 5.64. The summed E-state index contributed by atoms with van der Waals surface area (Å²) in [6.07, 6.45) is 1.67. The Morgan fingerprint density at radius 2 is 1.51 bits per heavy atom. The van der Waals surface area contributed by atoms with Gasteiger partial charge in [-0.25, -0.2) is 4.79 Å². The van der Waals surface area contributed by atoms with E-state index in [1.165, 1.54) is 11.1 Å². The van der Waals surface area contributed by atoms with Gasteiger partial charge in [-0.05, 0) is 47.9 Å². The molecule has 2 atom stereocenters. The molecule has 0 aromatic heterocycles. The molecule has 2 aromatic rings. The summed E-state index contributed by atoms with van der Waals surface area (Å²) in [5.74, 6) is -1.33. The molecule has 0 saturated heterocycles. The number of fused-ring (bicyclic) bond motifs is 3. The van der Waals surface area contributed by atoms with E-state index in [1.54, 1.807) is 0 Å². The van der Waals surface area contributed by atoms with Crippen LogP contribution in [0.3, 0.4) is 0 Å². The number of aliphatic carboxylic acids is 1. The molecule has 3 rings (SSSR count). The Hall–Kier alpha value is -3.35. The highest BCUT2D eigenvalue weighted by Gasteiger charge is 2.31. The van der Waals surface area contributed by atoms with E-state index in [0.29, 0.717) is 13.0 Å². The molecule has 0 aliphatic heterocycles. The fraction of sp³-hybridized carbons (Fsp3) is 0.464. The zero-order chi connectivity index (χ0) is 25.4. The third-order valence-corrected chi connectivity index (χ3v) is 6.62. The number of hydrogen-bond donors (Lipinski definition) is 3. The number of unbranched alkanes of at least 4 members (excludes halogenated alkanes) is 2. The van der Waals surface area contributed by atoms with Crippen LogP contribution >= 0.6 is 0 Å². The van der Waals surface area contributed by atoms with Crippen molar-refractivity contribution in [2.24, 2.45) is 11.8 Å². The van der Waals surface area contributed by atoms with Crippen LogP contribution in [0.5, 0.6) is 0 Å². The van der Waals surface area contributed by atoms with Crippen molar-refractivity contribution in [3.63, 3.8) is 0 Å². The van der Waals surface area contributed by atoms with Gasteiger partial charge in [0.05, 0.1) is 5.92 Å². The second kappa shape index (κ2) is 12.4. The number of alkyl carbamates (subject to hydrolysis) is 1. The summed E-state index contributed by atoms with van der Waals surface area (Å²) in [4.78, 5) is 36.0. The molecule has 2 aromatic carbocycles.